The molecule has 0 atom stereocenters. The second kappa shape index (κ2) is 30.8. The van der Waals surface area contributed by atoms with Crippen LogP contribution in [-0.4, -0.2) is 9.13 Å². The van der Waals surface area contributed by atoms with Crippen LogP contribution in [-0.2, 0) is 0 Å². The van der Waals surface area contributed by atoms with Crippen LogP contribution < -0.4 is 9.80 Å². The van der Waals surface area contributed by atoms with E-state index in [1.54, 1.807) is 11.3 Å². The number of para-hydroxylation sites is 4. The van der Waals surface area contributed by atoms with Crippen LogP contribution in [0.4, 0.5) is 34.1 Å². The molecule has 0 amide bonds. The summed E-state index contributed by atoms with van der Waals surface area (Å²) in [5.74, 6) is 0. The van der Waals surface area contributed by atoms with Crippen molar-refractivity contribution in [1.82, 2.24) is 9.13 Å². The van der Waals surface area contributed by atoms with Crippen LogP contribution in [0.5, 0.6) is 0 Å². The van der Waals surface area contributed by atoms with E-state index in [0.717, 1.165) is 104 Å². The molecule has 0 spiro atoms. The van der Waals surface area contributed by atoms with E-state index in [4.69, 9.17) is 6.85 Å². The summed E-state index contributed by atoms with van der Waals surface area (Å²) in [6, 6.07) is 152. The van der Waals surface area contributed by atoms with Gasteiger partial charge in [-0.25, -0.2) is 0 Å². The first-order chi connectivity index (χ1) is 61.6. The van der Waals surface area contributed by atoms with E-state index in [2.05, 4.69) is 403 Å². The van der Waals surface area contributed by atoms with Gasteiger partial charge < -0.3 is 18.9 Å². The van der Waals surface area contributed by atoms with Gasteiger partial charge in [0.25, 0.3) is 0 Å². The van der Waals surface area contributed by atoms with Gasteiger partial charge >= 0.3 is 0 Å². The number of hydrogen-bond acceptors (Lipinski definition) is 4. The average Bonchev–Trinajstić information content (AvgIpc) is 1.54. The Hall–Kier alpha value is -15.2. The molecule has 0 bridgehead atoms. The fourth-order valence-corrected chi connectivity index (χ4v) is 20.3. The van der Waals surface area contributed by atoms with Gasteiger partial charge in [0.1, 0.15) is 0 Å². The Morgan fingerprint density at radius 2 is 0.525 bits per heavy atom. The van der Waals surface area contributed by atoms with Crippen molar-refractivity contribution in [1.29, 1.82) is 0 Å². The summed E-state index contributed by atoms with van der Waals surface area (Å²) in [4.78, 5) is 4.66. The highest BCUT2D eigenvalue weighted by molar-refractivity contribution is 7.27. The van der Waals surface area contributed by atoms with Crippen LogP contribution in [0, 0.1) is 0 Å². The summed E-state index contributed by atoms with van der Waals surface area (Å²) < 4.78 is 52.8. The predicted octanol–water partition coefficient (Wildman–Crippen LogP) is 32.9. The molecule has 4 nitrogen and oxygen atoms in total. The second-order valence-electron chi connectivity index (χ2n) is 30.2. The number of rotatable bonds is 15. The maximum Gasteiger partial charge on any atom is 0.0645 e. The molecule has 4 heterocycles. The zero-order chi connectivity index (χ0) is 83.8. The minimum atomic E-state index is -0.409. The normalized spacial score (nSPS) is 12.1. The lowest BCUT2D eigenvalue weighted by Crippen LogP contribution is -2.09. The number of anilines is 6. The largest absolute Gasteiger partial charge is 0.311 e. The van der Waals surface area contributed by atoms with Crippen molar-refractivity contribution in [3.05, 3.63) is 461 Å². The van der Waals surface area contributed by atoms with E-state index in [1.165, 1.54) is 97.6 Å². The van der Waals surface area contributed by atoms with Gasteiger partial charge in [-0.3, -0.25) is 0 Å². The Morgan fingerprint density at radius 1 is 0.217 bits per heavy atom. The van der Waals surface area contributed by atoms with Crippen molar-refractivity contribution in [2.75, 3.05) is 9.80 Å². The number of aromatic nitrogens is 2. The minimum absolute atomic E-state index is 0.143. The minimum Gasteiger partial charge on any atom is -0.311 e. The van der Waals surface area contributed by atoms with Crippen molar-refractivity contribution in [2.45, 2.75) is 0 Å². The van der Waals surface area contributed by atoms with Crippen LogP contribution in [0.3, 0.4) is 0 Å². The lowest BCUT2D eigenvalue weighted by molar-refractivity contribution is 1.19. The third kappa shape index (κ3) is 12.8. The van der Waals surface area contributed by atoms with Crippen LogP contribution in [0.1, 0.15) is 6.85 Å². The van der Waals surface area contributed by atoms with Crippen molar-refractivity contribution >= 4 is 141 Å². The Bertz CT molecular complexity index is 7810. The number of nitrogens with zero attached hydrogens (tertiary/aromatic N) is 4. The summed E-state index contributed by atoms with van der Waals surface area (Å²) in [7, 11) is 0. The number of thiophene rings is 2. The Balaban J connectivity index is 0.000000148. The summed E-state index contributed by atoms with van der Waals surface area (Å²) in [5, 5.41) is 9.02. The monoisotopic (exact) mass is 1570 g/mol. The van der Waals surface area contributed by atoms with Gasteiger partial charge in [0.2, 0.25) is 0 Å². The standard InChI is InChI=1S/C60H40N2S.C54H36N2S/c1-5-17-41(18-6-1)43-29-35-48(36-30-43)61(49-37-31-44(32-38-49)42-19-7-2-8-20-42)50-39-33-46(34-40-50)56-55(45-21-9-3-10-22-45)57-51-25-13-15-27-53(51)62(47-23-11-4-12-24-47)59(57)58-52-26-14-16-28-54(52)63-60(56)58;1-4-14-37(15-5-1)39-24-30-43(31-25-39)55(44-32-26-40(27-33-44)38-16-6-2-7-17-38)45-34-28-41(29-35-45)48-36-49-46-20-10-12-22-50(46)56(42-18-8-3-9-19-42)53(49)52-47-21-11-13-23-51(47)57-54(48)52/h1-40H;1-36H/i;3D,8D,9D,18D,19D. The Morgan fingerprint density at radius 3 is 0.958 bits per heavy atom. The summed E-state index contributed by atoms with van der Waals surface area (Å²) in [6.45, 7) is 0. The lowest BCUT2D eigenvalue weighted by Gasteiger charge is -2.26. The maximum absolute atomic E-state index is 9.06. The smallest absolute Gasteiger partial charge is 0.0645 e. The topological polar surface area (TPSA) is 16.3 Å². The Kier molecular flexibility index (Phi) is 16.9. The van der Waals surface area contributed by atoms with Crippen molar-refractivity contribution in [3.63, 3.8) is 0 Å². The molecule has 0 saturated carbocycles. The molecule has 4 aromatic heterocycles. The molecular weight excluding hydrogens is 1490 g/mol. The number of benzene rings is 19. The summed E-state index contributed by atoms with van der Waals surface area (Å²) in [6.07, 6.45) is 0. The number of fused-ring (bicyclic) bond motifs is 14. The molecule has 564 valence electrons. The zero-order valence-corrected chi connectivity index (χ0v) is 66.7. The van der Waals surface area contributed by atoms with Gasteiger partial charge in [0.15, 0.2) is 0 Å². The zero-order valence-electron chi connectivity index (χ0n) is 70.1. The summed E-state index contributed by atoms with van der Waals surface area (Å²) >= 11 is 3.61. The molecule has 0 unspecified atom stereocenters. The average molecular weight is 1570 g/mol. The van der Waals surface area contributed by atoms with Crippen molar-refractivity contribution in [2.24, 2.45) is 0 Å². The van der Waals surface area contributed by atoms with Gasteiger partial charge in [0.05, 0.1) is 28.9 Å². The van der Waals surface area contributed by atoms with Crippen LogP contribution in [0.15, 0.2) is 461 Å². The van der Waals surface area contributed by atoms with E-state index in [9.17, 15) is 0 Å². The van der Waals surface area contributed by atoms with Gasteiger partial charge in [-0.1, -0.05) is 334 Å². The lowest BCUT2D eigenvalue weighted by atomic mass is 9.88. The fourth-order valence-electron chi connectivity index (χ4n) is 17.8. The molecule has 0 aliphatic rings. The maximum atomic E-state index is 9.06. The van der Waals surface area contributed by atoms with Crippen molar-refractivity contribution < 1.29 is 6.85 Å². The fraction of sp³-hybridized carbons (Fsp3) is 0. The molecular formula is C114H76N4S2. The van der Waals surface area contributed by atoms with Crippen LogP contribution in [0.25, 0.3) is 173 Å². The Labute approximate surface area is 711 Å². The van der Waals surface area contributed by atoms with E-state index < -0.39 is 6.04 Å². The first-order valence-electron chi connectivity index (χ1n) is 43.0. The molecule has 120 heavy (non-hydrogen) atoms. The molecule has 0 fully saturated rings. The van der Waals surface area contributed by atoms with Gasteiger partial charge in [-0.05, 0) is 189 Å². The third-order valence-electron chi connectivity index (χ3n) is 23.3. The highest BCUT2D eigenvalue weighted by atomic mass is 32.1. The van der Waals surface area contributed by atoms with Gasteiger partial charge in [0, 0.05) is 124 Å². The predicted molar refractivity (Wildman–Crippen MR) is 515 cm³/mol. The SMILES string of the molecule is [2H]c1c([2H])c([2H])c(-n2c3ccccc3c3cc(-c4ccc(N(c5ccc(-c6ccccc6)cc5)c5ccc(-c6ccccc6)cc5)cc4)c4sc5ccccc5c4c32)c([2H])c1[2H].c1ccc(-c2ccc(N(c3ccc(-c4ccccc4)cc3)c3ccc(-c4c(-c5ccccc5)c5c6ccccc6n(-c6ccccc6)c5c5c4sc4ccccc45)cc3)cc2)cc1. The van der Waals surface area contributed by atoms with E-state index in [0.29, 0.717) is 0 Å². The molecule has 0 aliphatic heterocycles. The van der Waals surface area contributed by atoms with Crippen molar-refractivity contribution in [3.8, 4) is 89.3 Å². The van der Waals surface area contributed by atoms with Gasteiger partial charge in [-0.15, -0.1) is 22.7 Å². The molecule has 19 aromatic carbocycles. The van der Waals surface area contributed by atoms with E-state index in [1.807, 2.05) is 58.4 Å². The van der Waals surface area contributed by atoms with Gasteiger partial charge in [-0.2, -0.15) is 0 Å². The highest BCUT2D eigenvalue weighted by Gasteiger charge is 2.29. The van der Waals surface area contributed by atoms with Crippen LogP contribution in [0.2, 0.25) is 0 Å². The first-order valence-corrected chi connectivity index (χ1v) is 42.2. The van der Waals surface area contributed by atoms with E-state index >= 15 is 0 Å². The number of hydrogen-bond donors (Lipinski definition) is 0. The highest BCUT2D eigenvalue weighted by Crippen LogP contribution is 2.55. The summed E-state index contributed by atoms with van der Waals surface area (Å²) in [5.41, 5.74) is 28.2. The first kappa shape index (κ1) is 66.0. The second-order valence-corrected chi connectivity index (χ2v) is 32.3. The molecule has 23 rings (SSSR count). The molecule has 0 aliphatic carbocycles. The molecule has 0 N–H and O–H groups in total. The van der Waals surface area contributed by atoms with Crippen LogP contribution >= 0.6 is 22.7 Å². The molecule has 6 heteroatoms. The van der Waals surface area contributed by atoms with E-state index in [-0.39, 0.29) is 29.9 Å². The molecule has 0 radical (unpaired) electrons. The third-order valence-corrected chi connectivity index (χ3v) is 25.7. The molecule has 23 aromatic rings. The quantitative estimate of drug-likeness (QED) is 0.102. The molecule has 0 saturated heterocycles.